The van der Waals surface area contributed by atoms with Crippen LogP contribution in [0.3, 0.4) is 0 Å². The summed E-state index contributed by atoms with van der Waals surface area (Å²) in [7, 11) is 0. The van der Waals surface area contributed by atoms with Crippen LogP contribution in [0.25, 0.3) is 0 Å². The molecule has 32 heteroatoms. The number of fused-ring (bicyclic) bond motifs is 7. The van der Waals surface area contributed by atoms with Crippen LogP contribution in [0.5, 0.6) is 0 Å². The van der Waals surface area contributed by atoms with E-state index in [2.05, 4.69) is 59.4 Å². The monoisotopic (exact) mass is 1460 g/mol. The van der Waals surface area contributed by atoms with Crippen LogP contribution in [0, 0.1) is 56.2 Å². The number of carboxylic acid groups (broad SMARTS) is 1. The molecule has 584 valence electrons. The van der Waals surface area contributed by atoms with Crippen molar-refractivity contribution in [2.75, 3.05) is 13.2 Å². The first-order valence-electron chi connectivity index (χ1n) is 36.3. The van der Waals surface area contributed by atoms with E-state index in [1.165, 1.54) is 13.8 Å². The lowest BCUT2D eigenvalue weighted by Crippen LogP contribution is -2.69. The van der Waals surface area contributed by atoms with Gasteiger partial charge < -0.3 is 133 Å². The van der Waals surface area contributed by atoms with Crippen molar-refractivity contribution in [1.29, 1.82) is 0 Å². The zero-order valence-corrected chi connectivity index (χ0v) is 60.1. The van der Waals surface area contributed by atoms with Crippen LogP contribution in [0.15, 0.2) is 11.6 Å². The van der Waals surface area contributed by atoms with Gasteiger partial charge in [0.1, 0.15) is 91.6 Å². The molecule has 0 spiro atoms. The largest absolute Gasteiger partial charge is 0.479 e. The zero-order chi connectivity index (χ0) is 74.8. The average molecular weight is 1470 g/mol. The average Bonchev–Trinajstić information content (AvgIpc) is 0.674. The second-order valence-corrected chi connectivity index (χ2v) is 33.3. The number of aliphatic hydroxyl groups is 13. The van der Waals surface area contributed by atoms with Crippen molar-refractivity contribution < 1.29 is 158 Å². The number of hydrogen-bond donors (Lipinski definition) is 15. The lowest BCUT2D eigenvalue weighted by molar-refractivity contribution is -0.437. The van der Waals surface area contributed by atoms with Crippen LogP contribution in [0.1, 0.15) is 160 Å². The summed E-state index contributed by atoms with van der Waals surface area (Å²) in [5.74, 6) is -6.91. The van der Waals surface area contributed by atoms with Gasteiger partial charge in [-0.15, -0.1) is 0 Å². The van der Waals surface area contributed by atoms with Gasteiger partial charge in [0.2, 0.25) is 6.29 Å². The van der Waals surface area contributed by atoms with Gasteiger partial charge in [-0.25, -0.2) is 9.68 Å². The number of carbonyl (C=O) groups is 3. The molecule has 20 unspecified atom stereocenters. The van der Waals surface area contributed by atoms with Crippen molar-refractivity contribution in [3.63, 3.8) is 0 Å². The minimum absolute atomic E-state index is 0.0511. The number of ether oxygens (including phenoxy) is 13. The number of hydrogen-bond acceptors (Lipinski definition) is 31. The van der Waals surface area contributed by atoms with Gasteiger partial charge >= 0.3 is 17.9 Å². The quantitative estimate of drug-likeness (QED) is 0.0212. The van der Waals surface area contributed by atoms with Gasteiger partial charge in [0.05, 0.1) is 49.0 Å². The van der Waals surface area contributed by atoms with E-state index in [0.29, 0.717) is 57.8 Å². The summed E-state index contributed by atoms with van der Waals surface area (Å²) in [6.07, 6.45) is -39.9. The van der Waals surface area contributed by atoms with Crippen LogP contribution in [-0.2, 0) is 80.9 Å². The van der Waals surface area contributed by atoms with Crippen molar-refractivity contribution in [2.24, 2.45) is 56.2 Å². The summed E-state index contributed by atoms with van der Waals surface area (Å²) in [5.41, 5.74) is -2.38. The summed E-state index contributed by atoms with van der Waals surface area (Å²) in [5, 5.41) is 163. The Morgan fingerprint density at radius 2 is 1.23 bits per heavy atom. The highest BCUT2D eigenvalue weighted by Gasteiger charge is 2.71. The Morgan fingerprint density at radius 3 is 1.89 bits per heavy atom. The maximum Gasteiger partial charge on any atom is 0.335 e. The van der Waals surface area contributed by atoms with Crippen LogP contribution in [0.2, 0.25) is 0 Å². The molecule has 15 N–H and O–H groups in total. The summed E-state index contributed by atoms with van der Waals surface area (Å²) < 4.78 is 81.3. The van der Waals surface area contributed by atoms with E-state index in [0.717, 1.165) is 12.0 Å². The second-order valence-electron chi connectivity index (χ2n) is 33.3. The molecule has 0 aromatic heterocycles. The minimum atomic E-state index is -2.53. The number of allylic oxidation sites excluding steroid dienone is 2. The number of aliphatic carboxylic acids is 1. The fraction of sp³-hybridized carbons (Fsp3) is 0.929. The summed E-state index contributed by atoms with van der Waals surface area (Å²) in [6, 6.07) is 0. The second kappa shape index (κ2) is 29.8. The van der Waals surface area contributed by atoms with E-state index in [9.17, 15) is 86.3 Å². The Bertz CT molecular complexity index is 2980. The van der Waals surface area contributed by atoms with Crippen molar-refractivity contribution in [2.45, 2.75) is 338 Å². The summed E-state index contributed by atoms with van der Waals surface area (Å²) in [6.45, 7) is 22.0. The molecule has 0 aromatic carbocycles. The van der Waals surface area contributed by atoms with Crippen molar-refractivity contribution in [1.82, 2.24) is 0 Å². The van der Waals surface area contributed by atoms with E-state index in [4.69, 9.17) is 61.6 Å². The van der Waals surface area contributed by atoms with Gasteiger partial charge in [0, 0.05) is 6.42 Å². The number of rotatable bonds is 18. The van der Waals surface area contributed by atoms with E-state index < -0.39 is 243 Å². The predicted octanol–water partition coefficient (Wildman–Crippen LogP) is -0.129. The molecule has 0 bridgehead atoms. The summed E-state index contributed by atoms with van der Waals surface area (Å²) in [4.78, 5) is 48.1. The normalized spacial score (nSPS) is 51.9. The van der Waals surface area contributed by atoms with E-state index in [1.54, 1.807) is 20.8 Å². The molecule has 6 aliphatic heterocycles. The molecule has 4 saturated carbocycles. The highest BCUT2D eigenvalue weighted by molar-refractivity contribution is 5.79. The molecular formula is C70H112O32. The molecule has 32 nitrogen and oxygen atoms in total. The van der Waals surface area contributed by atoms with Gasteiger partial charge in [-0.1, -0.05) is 74.0 Å². The van der Waals surface area contributed by atoms with Gasteiger partial charge in [-0.05, 0) is 136 Å². The van der Waals surface area contributed by atoms with Gasteiger partial charge in [0.25, 0.3) is 5.79 Å². The van der Waals surface area contributed by atoms with Gasteiger partial charge in [-0.2, -0.15) is 0 Å². The number of esters is 2. The fourth-order valence-corrected chi connectivity index (χ4v) is 19.8. The maximum atomic E-state index is 16.3. The van der Waals surface area contributed by atoms with Crippen LogP contribution >= 0.6 is 0 Å². The predicted molar refractivity (Wildman–Crippen MR) is 343 cm³/mol. The number of carbonyl (C=O) groups excluding carboxylic acids is 2. The van der Waals surface area contributed by atoms with Crippen molar-refractivity contribution in [3.05, 3.63) is 11.6 Å². The van der Waals surface area contributed by atoms with Crippen LogP contribution < -0.4 is 0 Å². The molecule has 11 rings (SSSR count). The number of aliphatic hydroxyl groups excluding tert-OH is 13. The Labute approximate surface area is 592 Å². The lowest BCUT2D eigenvalue weighted by atomic mass is 9.33. The highest BCUT2D eigenvalue weighted by atomic mass is 17.1. The van der Waals surface area contributed by atoms with E-state index >= 15 is 4.79 Å². The van der Waals surface area contributed by atoms with Gasteiger partial charge in [0.15, 0.2) is 49.8 Å². The summed E-state index contributed by atoms with van der Waals surface area (Å²) >= 11 is 0. The Balaban J connectivity index is 0.897. The number of carboxylic acids is 1. The molecule has 6 saturated heterocycles. The minimum Gasteiger partial charge on any atom is -0.479 e. The third-order valence-corrected chi connectivity index (χ3v) is 26.4. The van der Waals surface area contributed by atoms with E-state index in [1.807, 2.05) is 0 Å². The van der Waals surface area contributed by atoms with Crippen molar-refractivity contribution in [3.8, 4) is 0 Å². The topological polar surface area (TPSA) is 484 Å². The van der Waals surface area contributed by atoms with Crippen molar-refractivity contribution >= 4 is 17.9 Å². The Morgan fingerprint density at radius 1 is 0.598 bits per heavy atom. The van der Waals surface area contributed by atoms with Crippen LogP contribution in [0.4, 0.5) is 0 Å². The SMILES string of the molecule is CC[C@H](C)C(=O)OC1(O[C@@H]2OC(C)[C@@H](O)C(O)C2O)CC(C)O[C@@H](OC(=O)[C@]23CCC(C)(C)CC2C2=CCC4[C@@]5(C)CC[C@H](O[C@@H]6OC(C(=O)O)[C@H](O)C(OO)C6O[C@@H]6OC(CO)[C@H](O)C(O)C6O)C(C)(C)C5CC[C@@]4(C)[C@]2(C)CC3)C1O[C@@H]1OC(C)[C@H](O[C@H]2OCC(O)[C@H](O)C2O)C(O)C1O. The molecule has 6 heterocycles. The lowest BCUT2D eigenvalue weighted by Gasteiger charge is -2.71. The van der Waals surface area contributed by atoms with Gasteiger partial charge in [-0.3, -0.25) is 14.8 Å². The molecule has 10 fully saturated rings. The molecule has 11 aliphatic rings. The first-order valence-corrected chi connectivity index (χ1v) is 36.3. The Kier molecular flexibility index (Phi) is 23.4. The third kappa shape index (κ3) is 13.9. The molecule has 102 heavy (non-hydrogen) atoms. The molecule has 0 aromatic rings. The third-order valence-electron chi connectivity index (χ3n) is 26.4. The maximum absolute atomic E-state index is 16.3. The van der Waals surface area contributed by atoms with Crippen LogP contribution in [-0.4, -0.2) is 286 Å². The molecule has 5 aliphatic carbocycles. The first kappa shape index (κ1) is 80.1. The fourth-order valence-electron chi connectivity index (χ4n) is 19.8. The first-order chi connectivity index (χ1) is 47.7. The molecule has 0 radical (unpaired) electrons. The van der Waals surface area contributed by atoms with E-state index in [-0.39, 0.29) is 34.5 Å². The standard InChI is InChI=1S/C70H112O32/c1-13-28(2)56(86)100-70(101-60-47(81)42(76)39(73)30(4)91-60)24-29(3)90-62(54(70)98-58-48(82)44(78)50(31(5)92-58)95-57-45(79)40(74)34(72)27-89-57)99-63(87)69-22-20-64(6,7)25-33(69)32-14-15-37-66(10)18-17-38(65(8,9)36(66)16-19-68(37,12)67(32,11)21-23-69)94-61-53(51(102-88)49(83)52(96-61)55(84)85)97-59-46(80)43(77)41(75)35(26-71)93-59/h14,28-31,33-54,57-62,71-83,88H,13,15-27H2,1-12H3,(H,84,85)/t28-,29?,30?,31?,33?,34?,35?,36?,37?,38-,39+,40-,41-,42?,43?,44?,45?,46?,47?,48?,49+,50-,51?,52?,53?,54?,57+,58-,59-,60-,61+,62-,66-,67+,68+,69-,70?/m0/s1. The Hall–Kier alpha value is -2.89. The highest BCUT2D eigenvalue weighted by Crippen LogP contribution is 2.76. The molecule has 37 atom stereocenters. The molecule has 0 amide bonds. The smallest absolute Gasteiger partial charge is 0.335 e. The molecular weight excluding hydrogens is 1350 g/mol. The zero-order valence-electron chi connectivity index (χ0n) is 60.1.